The van der Waals surface area contributed by atoms with Crippen molar-refractivity contribution >= 4 is 5.97 Å². The van der Waals surface area contributed by atoms with Crippen LogP contribution in [0.25, 0.3) is 0 Å². The first-order chi connectivity index (χ1) is 7.09. The number of nitrogens with zero attached hydrogens (tertiary/aromatic N) is 2. The highest BCUT2D eigenvalue weighted by atomic mass is 16.4. The van der Waals surface area contributed by atoms with Crippen LogP contribution in [0.15, 0.2) is 0 Å². The number of nitrogens with one attached hydrogen (secondary N) is 1. The molecule has 2 N–H and O–H groups in total. The summed E-state index contributed by atoms with van der Waals surface area (Å²) < 4.78 is 0. The minimum Gasteiger partial charge on any atom is -0.475 e. The van der Waals surface area contributed by atoms with Crippen molar-refractivity contribution in [3.63, 3.8) is 0 Å². The molecule has 2 rings (SSSR count). The van der Waals surface area contributed by atoms with Gasteiger partial charge in [-0.05, 0) is 33.4 Å². The number of aromatic carboxylic acids is 1. The number of rotatable bonds is 2. The molecular formula is C10H15N3O2. The highest BCUT2D eigenvalue weighted by Gasteiger charge is 2.27. The van der Waals surface area contributed by atoms with Crippen molar-refractivity contribution < 1.29 is 9.90 Å². The molecule has 5 heteroatoms. The van der Waals surface area contributed by atoms with E-state index < -0.39 is 5.97 Å². The van der Waals surface area contributed by atoms with Gasteiger partial charge >= 0.3 is 5.97 Å². The second kappa shape index (κ2) is 3.66. The number of hydrogen-bond donors (Lipinski definition) is 2. The molecule has 1 aromatic rings. The molecule has 82 valence electrons. The Balaban J connectivity index is 2.31. The van der Waals surface area contributed by atoms with E-state index in [9.17, 15) is 4.79 Å². The Bertz CT molecular complexity index is 386. The molecule has 0 spiro atoms. The number of H-pyrrole nitrogens is 1. The molecular weight excluding hydrogens is 194 g/mol. The van der Waals surface area contributed by atoms with Gasteiger partial charge in [0.25, 0.3) is 0 Å². The standard InChI is InChI=1S/C10H15N3O2/c1-6-8(7-4-3-5-13(7)2)12-9(11-6)10(14)15/h7H,3-5H2,1-2H3,(H,11,12)(H,14,15). The lowest BCUT2D eigenvalue weighted by atomic mass is 10.1. The molecule has 5 nitrogen and oxygen atoms in total. The van der Waals surface area contributed by atoms with Gasteiger partial charge < -0.3 is 10.1 Å². The van der Waals surface area contributed by atoms with E-state index in [0.717, 1.165) is 30.8 Å². The zero-order valence-electron chi connectivity index (χ0n) is 8.95. The minimum absolute atomic E-state index is 0.0443. The fraction of sp³-hybridized carbons (Fsp3) is 0.600. The van der Waals surface area contributed by atoms with E-state index in [1.807, 2.05) is 14.0 Å². The summed E-state index contributed by atoms with van der Waals surface area (Å²) in [5, 5.41) is 8.82. The highest BCUT2D eigenvalue weighted by Crippen LogP contribution is 2.30. The van der Waals surface area contributed by atoms with E-state index in [2.05, 4.69) is 14.9 Å². The Kier molecular flexibility index (Phi) is 2.48. The van der Waals surface area contributed by atoms with Gasteiger partial charge in [-0.3, -0.25) is 4.90 Å². The number of carbonyl (C=O) groups is 1. The quantitative estimate of drug-likeness (QED) is 0.767. The molecule has 2 heterocycles. The summed E-state index contributed by atoms with van der Waals surface area (Å²) >= 11 is 0. The molecule has 0 amide bonds. The minimum atomic E-state index is -0.995. The van der Waals surface area contributed by atoms with Gasteiger partial charge in [0, 0.05) is 5.69 Å². The molecule has 0 bridgehead atoms. The largest absolute Gasteiger partial charge is 0.475 e. The first-order valence-corrected chi connectivity index (χ1v) is 5.09. The third kappa shape index (κ3) is 1.74. The third-order valence-electron chi connectivity index (χ3n) is 2.96. The summed E-state index contributed by atoms with van der Waals surface area (Å²) in [5.74, 6) is -0.951. The van der Waals surface area contributed by atoms with Crippen LogP contribution in [0.4, 0.5) is 0 Å². The van der Waals surface area contributed by atoms with E-state index in [0.29, 0.717) is 0 Å². The van der Waals surface area contributed by atoms with Crippen LogP contribution < -0.4 is 0 Å². The second-order valence-electron chi connectivity index (χ2n) is 4.04. The maximum absolute atomic E-state index is 10.8. The van der Waals surface area contributed by atoms with E-state index in [4.69, 9.17) is 5.11 Å². The molecule has 1 saturated heterocycles. The second-order valence-corrected chi connectivity index (χ2v) is 4.04. The van der Waals surface area contributed by atoms with E-state index in [-0.39, 0.29) is 11.9 Å². The smallest absolute Gasteiger partial charge is 0.371 e. The van der Waals surface area contributed by atoms with Gasteiger partial charge in [0.1, 0.15) is 0 Å². The Labute approximate surface area is 88.1 Å². The summed E-state index contributed by atoms with van der Waals surface area (Å²) in [6.45, 7) is 2.93. The summed E-state index contributed by atoms with van der Waals surface area (Å²) in [5.41, 5.74) is 1.75. The summed E-state index contributed by atoms with van der Waals surface area (Å²) in [6.07, 6.45) is 2.21. The Hall–Kier alpha value is -1.36. The molecule has 1 fully saturated rings. The van der Waals surface area contributed by atoms with E-state index >= 15 is 0 Å². The van der Waals surface area contributed by atoms with Gasteiger partial charge in [-0.25, -0.2) is 9.78 Å². The van der Waals surface area contributed by atoms with Crippen molar-refractivity contribution in [1.82, 2.24) is 14.9 Å². The SMILES string of the molecule is Cc1[nH]c(C(=O)O)nc1C1CCCN1C. The molecule has 0 aromatic carbocycles. The molecule has 1 aliphatic rings. The Morgan fingerprint density at radius 2 is 2.40 bits per heavy atom. The van der Waals surface area contributed by atoms with Crippen molar-refractivity contribution in [2.45, 2.75) is 25.8 Å². The topological polar surface area (TPSA) is 69.2 Å². The number of carboxylic acid groups (broad SMARTS) is 1. The Morgan fingerprint density at radius 1 is 1.67 bits per heavy atom. The predicted octanol–water partition coefficient (Wildman–Crippen LogP) is 1.18. The number of imidazole rings is 1. The zero-order chi connectivity index (χ0) is 11.0. The van der Waals surface area contributed by atoms with Crippen LogP contribution in [-0.2, 0) is 0 Å². The number of aromatic amines is 1. The zero-order valence-corrected chi connectivity index (χ0v) is 8.95. The van der Waals surface area contributed by atoms with E-state index in [1.54, 1.807) is 0 Å². The maximum atomic E-state index is 10.8. The number of aryl methyl sites for hydroxylation is 1. The van der Waals surface area contributed by atoms with Gasteiger partial charge in [0.05, 0.1) is 11.7 Å². The van der Waals surface area contributed by atoms with Gasteiger partial charge in [0.15, 0.2) is 0 Å². The molecule has 1 unspecified atom stereocenters. The lowest BCUT2D eigenvalue weighted by molar-refractivity contribution is 0.0684. The van der Waals surface area contributed by atoms with Crippen LogP contribution in [0.1, 0.15) is 40.9 Å². The average molecular weight is 209 g/mol. The number of hydrogen-bond acceptors (Lipinski definition) is 3. The summed E-state index contributed by atoms with van der Waals surface area (Å²) in [4.78, 5) is 19.9. The third-order valence-corrected chi connectivity index (χ3v) is 2.96. The summed E-state index contributed by atoms with van der Waals surface area (Å²) in [6, 6.07) is 0.273. The van der Waals surface area contributed by atoms with Crippen LogP contribution in [-0.4, -0.2) is 39.5 Å². The number of aromatic nitrogens is 2. The van der Waals surface area contributed by atoms with Crippen LogP contribution in [0.5, 0.6) is 0 Å². The number of carboxylic acids is 1. The lowest BCUT2D eigenvalue weighted by Gasteiger charge is -2.17. The van der Waals surface area contributed by atoms with Crippen molar-refractivity contribution in [2.75, 3.05) is 13.6 Å². The van der Waals surface area contributed by atoms with Crippen LogP contribution in [0, 0.1) is 6.92 Å². The molecule has 1 atom stereocenters. The van der Waals surface area contributed by atoms with Gasteiger partial charge in [-0.15, -0.1) is 0 Å². The molecule has 1 aliphatic heterocycles. The Morgan fingerprint density at radius 3 is 2.87 bits per heavy atom. The van der Waals surface area contributed by atoms with Crippen molar-refractivity contribution in [3.05, 3.63) is 17.2 Å². The van der Waals surface area contributed by atoms with Crippen molar-refractivity contribution in [3.8, 4) is 0 Å². The normalized spacial score (nSPS) is 22.1. The predicted molar refractivity (Wildman–Crippen MR) is 54.9 cm³/mol. The molecule has 0 saturated carbocycles. The number of likely N-dealkylation sites (tertiary alicyclic amines) is 1. The average Bonchev–Trinajstić information content (AvgIpc) is 2.71. The molecule has 0 radical (unpaired) electrons. The monoisotopic (exact) mass is 209 g/mol. The molecule has 15 heavy (non-hydrogen) atoms. The fourth-order valence-corrected chi connectivity index (χ4v) is 2.16. The van der Waals surface area contributed by atoms with Crippen molar-refractivity contribution in [1.29, 1.82) is 0 Å². The fourth-order valence-electron chi connectivity index (χ4n) is 2.16. The summed E-state index contributed by atoms with van der Waals surface area (Å²) in [7, 11) is 2.05. The van der Waals surface area contributed by atoms with Crippen molar-refractivity contribution in [2.24, 2.45) is 0 Å². The van der Waals surface area contributed by atoms with Gasteiger partial charge in [0.2, 0.25) is 5.82 Å². The van der Waals surface area contributed by atoms with Crippen LogP contribution in [0.2, 0.25) is 0 Å². The van der Waals surface area contributed by atoms with E-state index in [1.165, 1.54) is 0 Å². The molecule has 0 aliphatic carbocycles. The lowest BCUT2D eigenvalue weighted by Crippen LogP contribution is -2.18. The highest BCUT2D eigenvalue weighted by molar-refractivity contribution is 5.83. The maximum Gasteiger partial charge on any atom is 0.371 e. The first-order valence-electron chi connectivity index (χ1n) is 5.09. The molecule has 1 aromatic heterocycles. The first kappa shape index (κ1) is 10.2. The van der Waals surface area contributed by atoms with Gasteiger partial charge in [-0.1, -0.05) is 0 Å². The van der Waals surface area contributed by atoms with Gasteiger partial charge in [-0.2, -0.15) is 0 Å². The van der Waals surface area contributed by atoms with Crippen LogP contribution in [0.3, 0.4) is 0 Å². The van der Waals surface area contributed by atoms with Crippen LogP contribution >= 0.6 is 0 Å².